The van der Waals surface area contributed by atoms with Gasteiger partial charge in [0, 0.05) is 15.7 Å². The lowest BCUT2D eigenvalue weighted by Gasteiger charge is -2.08. The van der Waals surface area contributed by atoms with E-state index in [4.69, 9.17) is 18.0 Å². The standard InChI is InChI=1S/C15H13BrN2OS/c1-9-2-7-12(13(16)8-9)15(19)18-11-5-3-10(4-6-11)14(17)20/h2-8H,1H3,(H2,17,20)(H,18,19). The molecule has 102 valence electrons. The molecule has 0 aromatic heterocycles. The second-order valence-corrected chi connectivity index (χ2v) is 5.67. The third-order valence-corrected chi connectivity index (χ3v) is 3.69. The van der Waals surface area contributed by atoms with Crippen LogP contribution in [0.2, 0.25) is 0 Å². The number of nitrogens with one attached hydrogen (secondary N) is 1. The summed E-state index contributed by atoms with van der Waals surface area (Å²) < 4.78 is 0.773. The predicted molar refractivity (Wildman–Crippen MR) is 89.2 cm³/mol. The van der Waals surface area contributed by atoms with Crippen LogP contribution in [-0.4, -0.2) is 10.9 Å². The molecule has 0 bridgehead atoms. The maximum atomic E-state index is 12.2. The van der Waals surface area contributed by atoms with Crippen molar-refractivity contribution in [2.75, 3.05) is 5.32 Å². The van der Waals surface area contributed by atoms with Crippen LogP contribution in [0.4, 0.5) is 5.69 Å². The van der Waals surface area contributed by atoms with E-state index in [0.717, 1.165) is 15.6 Å². The van der Waals surface area contributed by atoms with Crippen molar-refractivity contribution in [1.29, 1.82) is 0 Å². The number of nitrogens with two attached hydrogens (primary N) is 1. The smallest absolute Gasteiger partial charge is 0.256 e. The summed E-state index contributed by atoms with van der Waals surface area (Å²) in [6.45, 7) is 1.97. The van der Waals surface area contributed by atoms with Crippen LogP contribution in [-0.2, 0) is 0 Å². The van der Waals surface area contributed by atoms with Crippen LogP contribution < -0.4 is 11.1 Å². The molecule has 0 aliphatic carbocycles. The van der Waals surface area contributed by atoms with Gasteiger partial charge in [0.25, 0.3) is 5.91 Å². The number of thiocarbonyl (C=S) groups is 1. The normalized spacial score (nSPS) is 10.1. The number of amides is 1. The minimum atomic E-state index is -0.167. The molecule has 1 amide bonds. The van der Waals surface area contributed by atoms with Crippen LogP contribution in [0.3, 0.4) is 0 Å². The van der Waals surface area contributed by atoms with Gasteiger partial charge in [0.1, 0.15) is 4.99 Å². The third-order valence-electron chi connectivity index (χ3n) is 2.80. The van der Waals surface area contributed by atoms with Crippen LogP contribution in [0.25, 0.3) is 0 Å². The number of carbonyl (C=O) groups excluding carboxylic acids is 1. The molecular formula is C15H13BrN2OS. The molecule has 0 aliphatic rings. The summed E-state index contributed by atoms with van der Waals surface area (Å²) in [5, 5.41) is 2.83. The molecule has 0 fully saturated rings. The van der Waals surface area contributed by atoms with Gasteiger partial charge >= 0.3 is 0 Å². The van der Waals surface area contributed by atoms with Crippen LogP contribution in [0.15, 0.2) is 46.9 Å². The number of halogens is 1. The largest absolute Gasteiger partial charge is 0.389 e. The SMILES string of the molecule is Cc1ccc(C(=O)Nc2ccc(C(N)=S)cc2)c(Br)c1. The molecule has 3 N–H and O–H groups in total. The van der Waals surface area contributed by atoms with Crippen LogP contribution >= 0.6 is 28.1 Å². The van der Waals surface area contributed by atoms with Crippen molar-refractivity contribution in [3.05, 3.63) is 63.6 Å². The van der Waals surface area contributed by atoms with Crippen molar-refractivity contribution in [2.45, 2.75) is 6.92 Å². The second kappa shape index (κ2) is 6.15. The Labute approximate surface area is 131 Å². The fraction of sp³-hybridized carbons (Fsp3) is 0.0667. The molecule has 20 heavy (non-hydrogen) atoms. The van der Waals surface area contributed by atoms with E-state index in [-0.39, 0.29) is 5.91 Å². The first kappa shape index (κ1) is 14.7. The molecule has 0 saturated heterocycles. The first-order valence-electron chi connectivity index (χ1n) is 5.95. The van der Waals surface area contributed by atoms with E-state index in [1.807, 2.05) is 19.1 Å². The van der Waals surface area contributed by atoms with E-state index in [0.29, 0.717) is 16.2 Å². The minimum absolute atomic E-state index is 0.167. The van der Waals surface area contributed by atoms with E-state index in [2.05, 4.69) is 21.2 Å². The molecule has 2 aromatic carbocycles. The minimum Gasteiger partial charge on any atom is -0.389 e. The van der Waals surface area contributed by atoms with Gasteiger partial charge in [-0.05, 0) is 64.8 Å². The van der Waals surface area contributed by atoms with E-state index >= 15 is 0 Å². The van der Waals surface area contributed by atoms with Crippen molar-refractivity contribution in [1.82, 2.24) is 0 Å². The molecule has 2 rings (SSSR count). The van der Waals surface area contributed by atoms with Gasteiger partial charge in [-0.1, -0.05) is 18.3 Å². The van der Waals surface area contributed by atoms with Crippen LogP contribution in [0, 0.1) is 6.92 Å². The van der Waals surface area contributed by atoms with E-state index in [9.17, 15) is 4.79 Å². The van der Waals surface area contributed by atoms with Crippen molar-refractivity contribution < 1.29 is 4.79 Å². The third kappa shape index (κ3) is 3.43. The van der Waals surface area contributed by atoms with E-state index in [1.165, 1.54) is 0 Å². The van der Waals surface area contributed by atoms with Crippen molar-refractivity contribution in [3.63, 3.8) is 0 Å². The van der Waals surface area contributed by atoms with Gasteiger partial charge in [-0.2, -0.15) is 0 Å². The topological polar surface area (TPSA) is 55.1 Å². The maximum Gasteiger partial charge on any atom is 0.256 e. The highest BCUT2D eigenvalue weighted by molar-refractivity contribution is 9.10. The molecule has 3 nitrogen and oxygen atoms in total. The Morgan fingerprint density at radius 1 is 1.20 bits per heavy atom. The quantitative estimate of drug-likeness (QED) is 0.832. The number of anilines is 1. The predicted octanol–water partition coefficient (Wildman–Crippen LogP) is 3.64. The zero-order valence-corrected chi connectivity index (χ0v) is 13.2. The second-order valence-electron chi connectivity index (χ2n) is 4.38. The Hall–Kier alpha value is -1.72. The average molecular weight is 349 g/mol. The van der Waals surface area contributed by atoms with Gasteiger partial charge < -0.3 is 11.1 Å². The lowest BCUT2D eigenvalue weighted by Crippen LogP contribution is -2.13. The zero-order chi connectivity index (χ0) is 14.7. The Morgan fingerprint density at radius 3 is 2.40 bits per heavy atom. The van der Waals surface area contributed by atoms with Gasteiger partial charge in [0.05, 0.1) is 5.56 Å². The summed E-state index contributed by atoms with van der Waals surface area (Å²) in [4.78, 5) is 12.5. The zero-order valence-electron chi connectivity index (χ0n) is 10.8. The molecule has 0 atom stereocenters. The number of hydrogen-bond donors (Lipinski definition) is 2. The number of benzene rings is 2. The van der Waals surface area contributed by atoms with Gasteiger partial charge in [-0.15, -0.1) is 0 Å². The van der Waals surface area contributed by atoms with Gasteiger partial charge in [-0.3, -0.25) is 4.79 Å². The molecule has 0 heterocycles. The fourth-order valence-electron chi connectivity index (χ4n) is 1.72. The van der Waals surface area contributed by atoms with Crippen molar-refractivity contribution in [3.8, 4) is 0 Å². The van der Waals surface area contributed by atoms with Crippen molar-refractivity contribution >= 4 is 44.7 Å². The summed E-state index contributed by atoms with van der Waals surface area (Å²) >= 11 is 8.28. The highest BCUT2D eigenvalue weighted by atomic mass is 79.9. The van der Waals surface area contributed by atoms with Crippen LogP contribution in [0.5, 0.6) is 0 Å². The summed E-state index contributed by atoms with van der Waals surface area (Å²) in [6, 6.07) is 12.7. The van der Waals surface area contributed by atoms with E-state index in [1.54, 1.807) is 30.3 Å². The van der Waals surface area contributed by atoms with Gasteiger partial charge in [0.2, 0.25) is 0 Å². The Kier molecular flexibility index (Phi) is 4.52. The number of aryl methyl sites for hydroxylation is 1. The van der Waals surface area contributed by atoms with Crippen LogP contribution in [0.1, 0.15) is 21.5 Å². The first-order chi connectivity index (χ1) is 9.47. The molecule has 0 unspecified atom stereocenters. The Morgan fingerprint density at radius 2 is 1.85 bits per heavy atom. The average Bonchev–Trinajstić information content (AvgIpc) is 2.39. The highest BCUT2D eigenvalue weighted by Gasteiger charge is 2.10. The number of hydrogen-bond acceptors (Lipinski definition) is 2. The van der Waals surface area contributed by atoms with Gasteiger partial charge in [-0.25, -0.2) is 0 Å². The first-order valence-corrected chi connectivity index (χ1v) is 7.15. The fourth-order valence-corrected chi connectivity index (χ4v) is 2.53. The van der Waals surface area contributed by atoms with Gasteiger partial charge in [0.15, 0.2) is 0 Å². The van der Waals surface area contributed by atoms with Crippen molar-refractivity contribution in [2.24, 2.45) is 5.73 Å². The molecule has 2 aromatic rings. The molecule has 0 saturated carbocycles. The highest BCUT2D eigenvalue weighted by Crippen LogP contribution is 2.20. The molecular weight excluding hydrogens is 336 g/mol. The molecule has 0 radical (unpaired) electrons. The molecule has 0 aliphatic heterocycles. The lowest BCUT2D eigenvalue weighted by atomic mass is 10.1. The summed E-state index contributed by atoms with van der Waals surface area (Å²) in [5.41, 5.74) is 8.68. The molecule has 0 spiro atoms. The summed E-state index contributed by atoms with van der Waals surface area (Å²) in [5.74, 6) is -0.167. The Balaban J connectivity index is 2.17. The van der Waals surface area contributed by atoms with E-state index < -0.39 is 0 Å². The lowest BCUT2D eigenvalue weighted by molar-refractivity contribution is 0.102. The monoisotopic (exact) mass is 348 g/mol. The summed E-state index contributed by atoms with van der Waals surface area (Å²) in [6.07, 6.45) is 0. The molecule has 5 heteroatoms. The number of carbonyl (C=O) groups is 1. The number of rotatable bonds is 3. The Bertz CT molecular complexity index is 668. The summed E-state index contributed by atoms with van der Waals surface area (Å²) in [7, 11) is 0. The maximum absolute atomic E-state index is 12.2.